The molecule has 0 fully saturated rings. The van der Waals surface area contributed by atoms with Gasteiger partial charge in [-0.1, -0.05) is 12.1 Å². The fraction of sp³-hybridized carbons (Fsp3) is 0.133. The molecule has 0 aliphatic rings. The van der Waals surface area contributed by atoms with E-state index in [1.807, 2.05) is 0 Å². The molecule has 25 heavy (non-hydrogen) atoms. The zero-order valence-electron chi connectivity index (χ0n) is 12.5. The summed E-state index contributed by atoms with van der Waals surface area (Å²) >= 11 is 0.636. The molecule has 10 heteroatoms. The van der Waals surface area contributed by atoms with Gasteiger partial charge in [0.25, 0.3) is 11.5 Å². The molecule has 0 radical (unpaired) electrons. The van der Waals surface area contributed by atoms with Gasteiger partial charge in [-0.05, 0) is 24.6 Å². The molecule has 0 aliphatic carbocycles. The number of aromatic nitrogens is 2. The van der Waals surface area contributed by atoms with E-state index in [-0.39, 0.29) is 26.3 Å². The van der Waals surface area contributed by atoms with Crippen molar-refractivity contribution in [3.05, 3.63) is 56.7 Å². The van der Waals surface area contributed by atoms with Crippen LogP contribution < -0.4 is 10.9 Å². The molecule has 2 N–H and O–H groups in total. The summed E-state index contributed by atoms with van der Waals surface area (Å²) in [6.45, 7) is 1.42. The minimum Gasteiger partial charge on any atom is -0.319 e. The molecule has 0 saturated carbocycles. The first kappa shape index (κ1) is 17.1. The van der Waals surface area contributed by atoms with Gasteiger partial charge in [-0.3, -0.25) is 9.59 Å². The van der Waals surface area contributed by atoms with Crippen LogP contribution in [-0.4, -0.2) is 15.9 Å². The fourth-order valence-electron chi connectivity index (χ4n) is 2.24. The van der Waals surface area contributed by atoms with Crippen LogP contribution in [0.1, 0.15) is 21.1 Å². The van der Waals surface area contributed by atoms with Gasteiger partial charge in [0.15, 0.2) is 0 Å². The molecule has 0 bridgehead atoms. The second kappa shape index (κ2) is 5.96. The third kappa shape index (κ3) is 3.12. The van der Waals surface area contributed by atoms with Crippen LogP contribution in [-0.2, 0) is 6.18 Å². The molecule has 3 aromatic rings. The first-order valence-electron chi connectivity index (χ1n) is 6.85. The standard InChI is InChI=1S/C15H9F4N3O2S/c1-6-9-11(23)21-14(15(17,18)19)22-13(9)25-10(6)12(24)20-8-5-3-2-4-7(8)16/h2-5H,1H3,(H,20,24)(H,21,22,23). The monoisotopic (exact) mass is 371 g/mol. The summed E-state index contributed by atoms with van der Waals surface area (Å²) in [6.07, 6.45) is -4.82. The lowest BCUT2D eigenvalue weighted by Gasteiger charge is -2.05. The predicted molar refractivity (Wildman–Crippen MR) is 84.3 cm³/mol. The Morgan fingerprint density at radius 3 is 2.60 bits per heavy atom. The average molecular weight is 371 g/mol. The van der Waals surface area contributed by atoms with E-state index < -0.39 is 29.3 Å². The lowest BCUT2D eigenvalue weighted by Crippen LogP contribution is -2.18. The first-order valence-corrected chi connectivity index (χ1v) is 7.66. The largest absolute Gasteiger partial charge is 0.449 e. The van der Waals surface area contributed by atoms with Crippen molar-refractivity contribution in [2.75, 3.05) is 5.32 Å². The number of halogens is 4. The van der Waals surface area contributed by atoms with Crippen molar-refractivity contribution in [3.63, 3.8) is 0 Å². The molecule has 0 unspecified atom stereocenters. The van der Waals surface area contributed by atoms with Crippen molar-refractivity contribution in [2.24, 2.45) is 0 Å². The van der Waals surface area contributed by atoms with E-state index in [1.165, 1.54) is 25.1 Å². The molecular formula is C15H9F4N3O2S. The number of aromatic amines is 1. The van der Waals surface area contributed by atoms with E-state index >= 15 is 0 Å². The zero-order chi connectivity index (χ0) is 18.4. The molecule has 0 atom stereocenters. The van der Waals surface area contributed by atoms with Gasteiger partial charge in [-0.15, -0.1) is 11.3 Å². The minimum atomic E-state index is -4.82. The number of anilines is 1. The Hall–Kier alpha value is -2.75. The van der Waals surface area contributed by atoms with E-state index in [1.54, 1.807) is 4.98 Å². The highest BCUT2D eigenvalue weighted by molar-refractivity contribution is 7.20. The molecule has 130 valence electrons. The second-order valence-corrected chi connectivity index (χ2v) is 6.08. The molecular weight excluding hydrogens is 362 g/mol. The van der Waals surface area contributed by atoms with Crippen LogP contribution >= 0.6 is 11.3 Å². The van der Waals surface area contributed by atoms with Crippen molar-refractivity contribution in [3.8, 4) is 0 Å². The predicted octanol–water partition coefficient (Wildman–Crippen LogP) is 3.70. The molecule has 0 saturated heterocycles. The fourth-order valence-corrected chi connectivity index (χ4v) is 3.31. The molecule has 2 heterocycles. The summed E-state index contributed by atoms with van der Waals surface area (Å²) in [5, 5.41) is 2.23. The van der Waals surface area contributed by atoms with Crippen molar-refractivity contribution in [1.82, 2.24) is 9.97 Å². The number of alkyl halides is 3. The highest BCUT2D eigenvalue weighted by Crippen LogP contribution is 2.31. The van der Waals surface area contributed by atoms with Gasteiger partial charge in [0.1, 0.15) is 10.6 Å². The Labute approximate surface area is 141 Å². The minimum absolute atomic E-state index is 0.0180. The van der Waals surface area contributed by atoms with Gasteiger partial charge >= 0.3 is 6.18 Å². The number of para-hydroxylation sites is 1. The maximum Gasteiger partial charge on any atom is 0.449 e. The molecule has 0 spiro atoms. The third-order valence-corrected chi connectivity index (χ3v) is 4.58. The zero-order valence-corrected chi connectivity index (χ0v) is 13.3. The van der Waals surface area contributed by atoms with Crippen molar-refractivity contribution in [2.45, 2.75) is 13.1 Å². The number of H-pyrrole nitrogens is 1. The Balaban J connectivity index is 2.07. The number of carbonyl (C=O) groups excluding carboxylic acids is 1. The summed E-state index contributed by atoms with van der Waals surface area (Å²) in [5.74, 6) is -2.84. The van der Waals surface area contributed by atoms with Crippen molar-refractivity contribution >= 4 is 33.1 Å². The van der Waals surface area contributed by atoms with Crippen LogP contribution in [0.4, 0.5) is 23.2 Å². The Morgan fingerprint density at radius 2 is 1.96 bits per heavy atom. The number of carbonyl (C=O) groups is 1. The van der Waals surface area contributed by atoms with Crippen molar-refractivity contribution < 1.29 is 22.4 Å². The number of rotatable bonds is 2. The van der Waals surface area contributed by atoms with Gasteiger partial charge < -0.3 is 10.3 Å². The molecule has 2 aromatic heterocycles. The van der Waals surface area contributed by atoms with E-state index in [9.17, 15) is 27.2 Å². The number of benzene rings is 1. The highest BCUT2D eigenvalue weighted by atomic mass is 32.1. The molecule has 1 amide bonds. The molecule has 5 nitrogen and oxygen atoms in total. The molecule has 0 aliphatic heterocycles. The van der Waals surface area contributed by atoms with Crippen LogP contribution in [0.2, 0.25) is 0 Å². The number of aryl methyl sites for hydroxylation is 1. The average Bonchev–Trinajstić information content (AvgIpc) is 2.86. The normalized spacial score (nSPS) is 11.7. The maximum absolute atomic E-state index is 13.6. The summed E-state index contributed by atoms with van der Waals surface area (Å²) in [6, 6.07) is 5.44. The van der Waals surface area contributed by atoms with Crippen LogP contribution in [0.3, 0.4) is 0 Å². The number of thiophene rings is 1. The summed E-state index contributed by atoms with van der Waals surface area (Å²) in [5.41, 5.74) is -0.894. The van der Waals surface area contributed by atoms with Crippen molar-refractivity contribution in [1.29, 1.82) is 0 Å². The SMILES string of the molecule is Cc1c(C(=O)Nc2ccccc2F)sc2nc(C(F)(F)F)[nH]c(=O)c12. The lowest BCUT2D eigenvalue weighted by atomic mass is 10.2. The molecule has 3 rings (SSSR count). The smallest absolute Gasteiger partial charge is 0.319 e. The Morgan fingerprint density at radius 1 is 1.28 bits per heavy atom. The van der Waals surface area contributed by atoms with E-state index in [0.29, 0.717) is 11.3 Å². The summed E-state index contributed by atoms with van der Waals surface area (Å²) in [4.78, 5) is 29.1. The van der Waals surface area contributed by atoms with Gasteiger partial charge in [-0.25, -0.2) is 9.37 Å². The second-order valence-electron chi connectivity index (χ2n) is 5.08. The summed E-state index contributed by atoms with van der Waals surface area (Å²) < 4.78 is 51.8. The number of hydrogen-bond acceptors (Lipinski definition) is 4. The number of nitrogens with zero attached hydrogens (tertiary/aromatic N) is 1. The van der Waals surface area contributed by atoms with Gasteiger partial charge in [-0.2, -0.15) is 13.2 Å². The summed E-state index contributed by atoms with van der Waals surface area (Å²) in [7, 11) is 0. The van der Waals surface area contributed by atoms with E-state index in [2.05, 4.69) is 10.3 Å². The van der Waals surface area contributed by atoms with Gasteiger partial charge in [0.05, 0.1) is 16.0 Å². The molecule has 1 aromatic carbocycles. The number of amides is 1. The number of fused-ring (bicyclic) bond motifs is 1. The van der Waals surface area contributed by atoms with Crippen LogP contribution in [0.15, 0.2) is 29.1 Å². The first-order chi connectivity index (χ1) is 11.7. The van der Waals surface area contributed by atoms with Gasteiger partial charge in [0, 0.05) is 0 Å². The quantitative estimate of drug-likeness (QED) is 0.675. The Kier molecular flexibility index (Phi) is 4.07. The lowest BCUT2D eigenvalue weighted by molar-refractivity contribution is -0.144. The Bertz CT molecular complexity index is 1040. The van der Waals surface area contributed by atoms with Crippen LogP contribution in [0.25, 0.3) is 10.2 Å². The maximum atomic E-state index is 13.6. The van der Waals surface area contributed by atoms with Crippen LogP contribution in [0, 0.1) is 12.7 Å². The highest BCUT2D eigenvalue weighted by Gasteiger charge is 2.35. The van der Waals surface area contributed by atoms with Crippen LogP contribution in [0.5, 0.6) is 0 Å². The number of hydrogen-bond donors (Lipinski definition) is 2. The topological polar surface area (TPSA) is 74.8 Å². The van der Waals surface area contributed by atoms with E-state index in [4.69, 9.17) is 0 Å². The third-order valence-electron chi connectivity index (χ3n) is 3.40. The number of nitrogens with one attached hydrogen (secondary N) is 2. The van der Waals surface area contributed by atoms with Gasteiger partial charge in [0.2, 0.25) is 5.82 Å². The van der Waals surface area contributed by atoms with E-state index in [0.717, 1.165) is 6.07 Å².